The molecule has 1 aliphatic heterocycles. The molecule has 64 heavy (non-hydrogen) atoms. The number of carbonyl (C=O) groups is 2. The van der Waals surface area contributed by atoms with Crippen LogP contribution in [0.2, 0.25) is 5.15 Å². The third-order valence-electron chi connectivity index (χ3n) is 10.6. The highest BCUT2D eigenvalue weighted by atomic mass is 35.5. The van der Waals surface area contributed by atoms with Gasteiger partial charge in [0.15, 0.2) is 0 Å². The maximum Gasteiger partial charge on any atom is 0.255 e. The molecule has 1 saturated heterocycles. The summed E-state index contributed by atoms with van der Waals surface area (Å²) in [5.74, 6) is -0.0590. The lowest BCUT2D eigenvalue weighted by Crippen LogP contribution is -2.51. The molecule has 14 nitrogen and oxygen atoms in total. The Hall–Kier alpha value is -8.01. The number of pyridine rings is 4. The van der Waals surface area contributed by atoms with E-state index >= 15 is 0 Å². The second-order valence-corrected chi connectivity index (χ2v) is 16.6. The standard InChI is InChI=1S/C26H24N6O2.C23H18ClN5O/c1-16-4-5-20(31-25(34)17-6-7-29-23(9-17)26(2,3)15-28)10-22(16)19-8-18(11-27)24(30-12-19)32-13-21(33)14-32;1-14-4-5-18(10-19(14)17-8-16(11-25)21(24)28-12-17)29-22(30)15-6-7-27-20(9-15)23(2,3)13-26/h4-10,12,21,33H,13-14H2,1-3H3,(H,31,34);4-10,12H,1-3H3,(H,29,30). The monoisotopic (exact) mass is 867 g/mol. The highest BCUT2D eigenvalue weighted by Gasteiger charge is 2.28. The fourth-order valence-corrected chi connectivity index (χ4v) is 6.76. The van der Waals surface area contributed by atoms with Crippen molar-refractivity contribution < 1.29 is 14.7 Å². The first-order chi connectivity index (χ1) is 30.5. The smallest absolute Gasteiger partial charge is 0.255 e. The van der Waals surface area contributed by atoms with E-state index in [1.54, 1.807) is 82.6 Å². The van der Waals surface area contributed by atoms with Gasteiger partial charge < -0.3 is 20.6 Å². The molecule has 0 bridgehead atoms. The van der Waals surface area contributed by atoms with Crippen LogP contribution in [0.25, 0.3) is 22.3 Å². The van der Waals surface area contributed by atoms with Crippen LogP contribution in [0.1, 0.15) is 82.1 Å². The van der Waals surface area contributed by atoms with Crippen molar-refractivity contribution in [3.05, 3.63) is 148 Å². The Bertz CT molecular complexity index is 2970. The Morgan fingerprint density at radius 2 is 1.12 bits per heavy atom. The molecule has 1 fully saturated rings. The number of aliphatic hydroxyl groups is 1. The van der Waals surface area contributed by atoms with Gasteiger partial charge in [0.1, 0.15) is 23.1 Å². The lowest BCUT2D eigenvalue weighted by atomic mass is 9.90. The van der Waals surface area contributed by atoms with E-state index in [1.165, 1.54) is 12.4 Å². The maximum atomic E-state index is 12.9. The molecule has 3 N–H and O–H groups in total. The number of aromatic nitrogens is 4. The van der Waals surface area contributed by atoms with Crippen molar-refractivity contribution in [2.75, 3.05) is 28.6 Å². The Morgan fingerprint density at radius 3 is 1.56 bits per heavy atom. The van der Waals surface area contributed by atoms with Gasteiger partial charge in [-0.05, 0) is 124 Å². The molecule has 0 radical (unpaired) electrons. The number of anilines is 3. The van der Waals surface area contributed by atoms with Crippen molar-refractivity contribution in [2.45, 2.75) is 58.5 Å². The molecule has 2 aromatic carbocycles. The molecule has 0 spiro atoms. The summed E-state index contributed by atoms with van der Waals surface area (Å²) in [6.45, 7) is 11.8. The van der Waals surface area contributed by atoms with Crippen LogP contribution in [0.4, 0.5) is 17.2 Å². The molecular formula is C49H42ClN11O3. The highest BCUT2D eigenvalue weighted by Crippen LogP contribution is 2.32. The highest BCUT2D eigenvalue weighted by molar-refractivity contribution is 6.30. The largest absolute Gasteiger partial charge is 0.389 e. The third-order valence-corrected chi connectivity index (χ3v) is 10.9. The Morgan fingerprint density at radius 1 is 0.672 bits per heavy atom. The number of aliphatic hydroxyl groups excluding tert-OH is 1. The molecule has 0 unspecified atom stereocenters. The fraction of sp³-hybridized carbons (Fsp3) is 0.224. The third kappa shape index (κ3) is 10.2. The number of nitrogens with zero attached hydrogens (tertiary/aromatic N) is 9. The van der Waals surface area contributed by atoms with Gasteiger partial charge >= 0.3 is 0 Å². The van der Waals surface area contributed by atoms with Crippen LogP contribution in [0.15, 0.2) is 97.6 Å². The van der Waals surface area contributed by atoms with E-state index in [0.717, 1.165) is 33.4 Å². The second kappa shape index (κ2) is 18.9. The number of halogens is 1. The van der Waals surface area contributed by atoms with Crippen molar-refractivity contribution >= 4 is 40.6 Å². The van der Waals surface area contributed by atoms with Gasteiger partial charge in [0, 0.05) is 71.5 Å². The first kappa shape index (κ1) is 45.5. The normalized spacial score (nSPS) is 12.2. The van der Waals surface area contributed by atoms with Crippen LogP contribution in [-0.2, 0) is 10.8 Å². The molecule has 1 aliphatic rings. The quantitative estimate of drug-likeness (QED) is 0.116. The fourth-order valence-electron chi connectivity index (χ4n) is 6.61. The van der Waals surface area contributed by atoms with Crippen molar-refractivity contribution in [3.63, 3.8) is 0 Å². The van der Waals surface area contributed by atoms with Gasteiger partial charge in [0.05, 0.1) is 51.6 Å². The summed E-state index contributed by atoms with van der Waals surface area (Å²) in [6, 6.07) is 29.6. The van der Waals surface area contributed by atoms with E-state index in [0.29, 0.717) is 58.4 Å². The number of carbonyl (C=O) groups excluding carboxylic acids is 2. The summed E-state index contributed by atoms with van der Waals surface area (Å²) in [7, 11) is 0. The van der Waals surface area contributed by atoms with E-state index < -0.39 is 16.9 Å². The zero-order valence-electron chi connectivity index (χ0n) is 35.9. The summed E-state index contributed by atoms with van der Waals surface area (Å²) < 4.78 is 0. The van der Waals surface area contributed by atoms with Gasteiger partial charge in [-0.2, -0.15) is 21.0 Å². The lowest BCUT2D eigenvalue weighted by Gasteiger charge is -2.37. The summed E-state index contributed by atoms with van der Waals surface area (Å²) in [4.78, 5) is 44.5. The predicted octanol–water partition coefficient (Wildman–Crippen LogP) is 8.59. The van der Waals surface area contributed by atoms with Crippen LogP contribution in [0, 0.1) is 59.2 Å². The predicted molar refractivity (Wildman–Crippen MR) is 243 cm³/mol. The molecule has 318 valence electrons. The van der Waals surface area contributed by atoms with Crippen LogP contribution >= 0.6 is 11.6 Å². The Kier molecular flexibility index (Phi) is 13.5. The Balaban J connectivity index is 0.000000214. The van der Waals surface area contributed by atoms with Gasteiger partial charge in [0.2, 0.25) is 0 Å². The first-order valence-electron chi connectivity index (χ1n) is 20.0. The average molecular weight is 868 g/mol. The van der Waals surface area contributed by atoms with E-state index in [1.807, 2.05) is 55.1 Å². The minimum absolute atomic E-state index is 0.150. The number of aryl methyl sites for hydroxylation is 2. The van der Waals surface area contributed by atoms with E-state index in [-0.39, 0.29) is 22.5 Å². The maximum absolute atomic E-state index is 12.9. The van der Waals surface area contributed by atoms with Gasteiger partial charge in [-0.25, -0.2) is 9.97 Å². The van der Waals surface area contributed by atoms with Crippen molar-refractivity contribution in [1.29, 1.82) is 21.0 Å². The van der Waals surface area contributed by atoms with Crippen LogP contribution in [0.5, 0.6) is 0 Å². The number of hydrogen-bond acceptors (Lipinski definition) is 12. The number of benzene rings is 2. The number of hydrogen-bond donors (Lipinski definition) is 3. The van der Waals surface area contributed by atoms with Gasteiger partial charge in [0.25, 0.3) is 11.8 Å². The van der Waals surface area contributed by atoms with E-state index in [2.05, 4.69) is 48.8 Å². The molecule has 15 heteroatoms. The zero-order valence-corrected chi connectivity index (χ0v) is 36.7. The molecule has 5 heterocycles. The first-order valence-corrected chi connectivity index (χ1v) is 20.3. The van der Waals surface area contributed by atoms with E-state index in [9.17, 15) is 35.7 Å². The molecule has 0 aliphatic carbocycles. The number of amides is 2. The number of nitrogens with one attached hydrogen (secondary N) is 2. The zero-order chi connectivity index (χ0) is 46.3. The van der Waals surface area contributed by atoms with E-state index in [4.69, 9.17) is 11.6 Å². The minimum atomic E-state index is -0.806. The van der Waals surface area contributed by atoms with Crippen LogP contribution < -0.4 is 15.5 Å². The van der Waals surface area contributed by atoms with Crippen molar-refractivity contribution in [2.24, 2.45) is 0 Å². The second-order valence-electron chi connectivity index (χ2n) is 16.2. The lowest BCUT2D eigenvalue weighted by molar-refractivity contribution is 0.101. The molecular weight excluding hydrogens is 826 g/mol. The van der Waals surface area contributed by atoms with Crippen LogP contribution in [0.3, 0.4) is 0 Å². The van der Waals surface area contributed by atoms with Crippen molar-refractivity contribution in [3.8, 4) is 46.5 Å². The number of nitriles is 4. The van der Waals surface area contributed by atoms with Gasteiger partial charge in [-0.15, -0.1) is 0 Å². The molecule has 0 atom stereocenters. The molecule has 7 rings (SSSR count). The molecule has 0 saturated carbocycles. The summed E-state index contributed by atoms with van der Waals surface area (Å²) in [5, 5.41) is 53.0. The van der Waals surface area contributed by atoms with Crippen molar-refractivity contribution in [1.82, 2.24) is 19.9 Å². The summed E-state index contributed by atoms with van der Waals surface area (Å²) >= 11 is 5.93. The molecule has 4 aromatic heterocycles. The topological polar surface area (TPSA) is 228 Å². The Labute approximate surface area is 376 Å². The number of β-amino-alcohol motifs (C(OH)–C–C–N with tert-alkyl or cyclic N) is 1. The summed E-state index contributed by atoms with van der Waals surface area (Å²) in [5.41, 5.74) is 7.26. The van der Waals surface area contributed by atoms with Crippen LogP contribution in [-0.4, -0.2) is 56.1 Å². The van der Waals surface area contributed by atoms with Gasteiger partial charge in [-0.3, -0.25) is 19.6 Å². The average Bonchev–Trinajstić information content (AvgIpc) is 3.29. The summed E-state index contributed by atoms with van der Waals surface area (Å²) in [6.07, 6.45) is 5.95. The minimum Gasteiger partial charge on any atom is -0.389 e. The number of rotatable bonds is 9. The molecule has 2 amide bonds. The van der Waals surface area contributed by atoms with Gasteiger partial charge in [-0.1, -0.05) is 23.7 Å². The molecule has 6 aromatic rings. The SMILES string of the molecule is Cc1ccc(NC(=O)c2ccnc(C(C)(C)C#N)c2)cc1-c1cnc(Cl)c(C#N)c1.Cc1ccc(NC(=O)c2ccnc(C(C)(C)C#N)c2)cc1-c1cnc(N2CC(O)C2)c(C#N)c1.